The minimum atomic E-state index is -0.347. The molecule has 2 aromatic carbocycles. The molecule has 1 heterocycles. The molecule has 3 nitrogen and oxygen atoms in total. The summed E-state index contributed by atoms with van der Waals surface area (Å²) in [6.45, 7) is 1.52. The highest BCUT2D eigenvalue weighted by Crippen LogP contribution is 2.32. The number of hydrogen-bond acceptors (Lipinski definition) is 3. The number of ether oxygens (including phenoxy) is 3. The number of fused-ring (bicyclic) bond motifs is 1. The first-order valence-electron chi connectivity index (χ1n) is 6.50. The van der Waals surface area contributed by atoms with Gasteiger partial charge in [-0.1, -0.05) is 52.3 Å². The molecule has 0 N–H and O–H groups in total. The monoisotopic (exact) mass is 334 g/mol. The zero-order valence-corrected chi connectivity index (χ0v) is 12.5. The van der Waals surface area contributed by atoms with E-state index in [1.807, 2.05) is 48.5 Å². The van der Waals surface area contributed by atoms with Crippen LogP contribution in [0.2, 0.25) is 0 Å². The van der Waals surface area contributed by atoms with Crippen LogP contribution in [0.3, 0.4) is 0 Å². The molecule has 1 aliphatic rings. The second kappa shape index (κ2) is 6.39. The smallest absolute Gasteiger partial charge is 0.223 e. The average molecular weight is 335 g/mol. The predicted octanol–water partition coefficient (Wildman–Crippen LogP) is 3.90. The zero-order valence-electron chi connectivity index (χ0n) is 10.9. The van der Waals surface area contributed by atoms with Gasteiger partial charge < -0.3 is 14.2 Å². The van der Waals surface area contributed by atoms with Gasteiger partial charge in [0.1, 0.15) is 12.4 Å². The van der Waals surface area contributed by atoms with E-state index < -0.39 is 0 Å². The Morgan fingerprint density at radius 3 is 2.80 bits per heavy atom. The molecule has 0 saturated heterocycles. The topological polar surface area (TPSA) is 27.7 Å². The Balaban J connectivity index is 1.53. The zero-order chi connectivity index (χ0) is 13.8. The van der Waals surface area contributed by atoms with Gasteiger partial charge in [0.05, 0.1) is 13.2 Å². The molecule has 0 fully saturated rings. The first-order chi connectivity index (χ1) is 9.83. The summed E-state index contributed by atoms with van der Waals surface area (Å²) in [5.41, 5.74) is 2.19. The van der Waals surface area contributed by atoms with Crippen molar-refractivity contribution in [1.29, 1.82) is 0 Å². The van der Waals surface area contributed by atoms with Crippen molar-refractivity contribution in [3.63, 3.8) is 0 Å². The first-order valence-corrected chi connectivity index (χ1v) is 7.29. The van der Waals surface area contributed by atoms with Gasteiger partial charge in [-0.25, -0.2) is 0 Å². The second-order valence-corrected chi connectivity index (χ2v) is 5.43. The fourth-order valence-corrected chi connectivity index (χ4v) is 2.53. The van der Waals surface area contributed by atoms with Crippen LogP contribution in [0.5, 0.6) is 5.75 Å². The molecule has 0 aliphatic carbocycles. The molecule has 0 saturated carbocycles. The van der Waals surface area contributed by atoms with Gasteiger partial charge in [-0.3, -0.25) is 0 Å². The lowest BCUT2D eigenvalue weighted by molar-refractivity contribution is -0.145. The molecule has 0 spiro atoms. The highest BCUT2D eigenvalue weighted by molar-refractivity contribution is 9.10. The van der Waals surface area contributed by atoms with E-state index in [2.05, 4.69) is 15.9 Å². The Kier molecular flexibility index (Phi) is 4.35. The van der Waals surface area contributed by atoms with Gasteiger partial charge in [0.25, 0.3) is 0 Å². The van der Waals surface area contributed by atoms with Crippen molar-refractivity contribution >= 4 is 15.9 Å². The third kappa shape index (κ3) is 3.20. The maximum absolute atomic E-state index is 5.77. The lowest BCUT2D eigenvalue weighted by Crippen LogP contribution is -2.30. The Labute approximate surface area is 126 Å². The minimum Gasteiger partial charge on any atom is -0.462 e. The van der Waals surface area contributed by atoms with Crippen molar-refractivity contribution in [2.45, 2.75) is 19.5 Å². The fourth-order valence-electron chi connectivity index (χ4n) is 2.07. The van der Waals surface area contributed by atoms with Crippen LogP contribution in [0, 0.1) is 0 Å². The van der Waals surface area contributed by atoms with Crippen LogP contribution in [-0.4, -0.2) is 12.9 Å². The third-order valence-electron chi connectivity index (χ3n) is 3.11. The largest absolute Gasteiger partial charge is 0.462 e. The summed E-state index contributed by atoms with van der Waals surface area (Å²) in [4.78, 5) is 0. The summed E-state index contributed by atoms with van der Waals surface area (Å²) in [5, 5.41) is 0. The Morgan fingerprint density at radius 2 is 1.95 bits per heavy atom. The normalized spacial score (nSPS) is 17.4. The average Bonchev–Trinajstić information content (AvgIpc) is 2.48. The van der Waals surface area contributed by atoms with Gasteiger partial charge in [-0.05, 0) is 17.7 Å². The van der Waals surface area contributed by atoms with E-state index in [1.165, 1.54) is 0 Å². The standard InChI is InChI=1S/C16H15BrO3/c17-14-7-4-8-15-13(14)10-19-16(20-15)11-18-9-12-5-2-1-3-6-12/h1-8,16H,9-11H2. The van der Waals surface area contributed by atoms with E-state index in [0.29, 0.717) is 19.8 Å². The van der Waals surface area contributed by atoms with Crippen LogP contribution < -0.4 is 4.74 Å². The maximum Gasteiger partial charge on any atom is 0.223 e. The molecule has 2 aromatic rings. The molecule has 0 radical (unpaired) electrons. The highest BCUT2D eigenvalue weighted by atomic mass is 79.9. The molecule has 1 atom stereocenters. The fraction of sp³-hybridized carbons (Fsp3) is 0.250. The van der Waals surface area contributed by atoms with Gasteiger partial charge in [0.2, 0.25) is 6.29 Å². The van der Waals surface area contributed by atoms with Gasteiger partial charge in [0.15, 0.2) is 0 Å². The molecule has 1 unspecified atom stereocenters. The molecule has 0 aromatic heterocycles. The van der Waals surface area contributed by atoms with Gasteiger partial charge in [0, 0.05) is 10.0 Å². The number of rotatable bonds is 4. The molecule has 104 valence electrons. The first kappa shape index (κ1) is 13.6. The molecular formula is C16H15BrO3. The lowest BCUT2D eigenvalue weighted by Gasteiger charge is -2.26. The van der Waals surface area contributed by atoms with E-state index in [0.717, 1.165) is 21.3 Å². The van der Waals surface area contributed by atoms with Crippen molar-refractivity contribution in [2.75, 3.05) is 6.61 Å². The molecule has 3 rings (SSSR count). The molecule has 0 amide bonds. The van der Waals surface area contributed by atoms with E-state index in [4.69, 9.17) is 14.2 Å². The molecule has 1 aliphatic heterocycles. The van der Waals surface area contributed by atoms with E-state index >= 15 is 0 Å². The molecule has 20 heavy (non-hydrogen) atoms. The summed E-state index contributed by atoms with van der Waals surface area (Å²) >= 11 is 3.49. The van der Waals surface area contributed by atoms with Gasteiger partial charge in [-0.2, -0.15) is 0 Å². The second-order valence-electron chi connectivity index (χ2n) is 4.58. The van der Waals surface area contributed by atoms with Gasteiger partial charge in [-0.15, -0.1) is 0 Å². The van der Waals surface area contributed by atoms with Crippen molar-refractivity contribution in [3.8, 4) is 5.75 Å². The number of hydrogen-bond donors (Lipinski definition) is 0. The summed E-state index contributed by atoms with van der Waals surface area (Å²) in [6.07, 6.45) is -0.347. The highest BCUT2D eigenvalue weighted by Gasteiger charge is 2.21. The summed E-state index contributed by atoms with van der Waals surface area (Å²) < 4.78 is 18.1. The van der Waals surface area contributed by atoms with E-state index in [1.54, 1.807) is 0 Å². The minimum absolute atomic E-state index is 0.347. The van der Waals surface area contributed by atoms with Crippen molar-refractivity contribution in [3.05, 3.63) is 64.1 Å². The third-order valence-corrected chi connectivity index (χ3v) is 3.86. The molecule has 0 bridgehead atoms. The van der Waals surface area contributed by atoms with Crippen molar-refractivity contribution in [2.24, 2.45) is 0 Å². The molecular weight excluding hydrogens is 320 g/mol. The van der Waals surface area contributed by atoms with Gasteiger partial charge >= 0.3 is 0 Å². The molecule has 4 heteroatoms. The summed E-state index contributed by atoms with van der Waals surface area (Å²) in [6, 6.07) is 16.0. The summed E-state index contributed by atoms with van der Waals surface area (Å²) in [5.74, 6) is 0.860. The predicted molar refractivity (Wildman–Crippen MR) is 79.4 cm³/mol. The maximum atomic E-state index is 5.77. The Morgan fingerprint density at radius 1 is 1.10 bits per heavy atom. The van der Waals surface area contributed by atoms with Crippen LogP contribution in [0.1, 0.15) is 11.1 Å². The van der Waals surface area contributed by atoms with Crippen LogP contribution in [0.15, 0.2) is 53.0 Å². The van der Waals surface area contributed by atoms with Crippen LogP contribution >= 0.6 is 15.9 Å². The lowest BCUT2D eigenvalue weighted by atomic mass is 10.2. The van der Waals surface area contributed by atoms with Crippen molar-refractivity contribution in [1.82, 2.24) is 0 Å². The Hall–Kier alpha value is -1.36. The van der Waals surface area contributed by atoms with Crippen LogP contribution in [0.4, 0.5) is 0 Å². The summed E-state index contributed by atoms with van der Waals surface area (Å²) in [7, 11) is 0. The van der Waals surface area contributed by atoms with Crippen LogP contribution in [0.25, 0.3) is 0 Å². The van der Waals surface area contributed by atoms with Crippen LogP contribution in [-0.2, 0) is 22.7 Å². The number of benzene rings is 2. The number of halogens is 1. The quantitative estimate of drug-likeness (QED) is 0.848. The van der Waals surface area contributed by atoms with E-state index in [-0.39, 0.29) is 6.29 Å². The van der Waals surface area contributed by atoms with E-state index in [9.17, 15) is 0 Å². The SMILES string of the molecule is Brc1cccc2c1COC(COCc1ccccc1)O2. The van der Waals surface area contributed by atoms with Crippen molar-refractivity contribution < 1.29 is 14.2 Å². The Bertz CT molecular complexity index is 571.